The maximum atomic E-state index is 5.67. The van der Waals surface area contributed by atoms with Gasteiger partial charge in [0.05, 0.1) is 11.4 Å². The van der Waals surface area contributed by atoms with Crippen LogP contribution >= 0.6 is 0 Å². The van der Waals surface area contributed by atoms with Crippen molar-refractivity contribution in [3.05, 3.63) is 82.2 Å². The van der Waals surface area contributed by atoms with E-state index in [0.717, 1.165) is 45.2 Å². The highest BCUT2D eigenvalue weighted by Gasteiger charge is 2.21. The van der Waals surface area contributed by atoms with Gasteiger partial charge in [-0.15, -0.1) is 0 Å². The third-order valence-electron chi connectivity index (χ3n) is 4.95. The van der Waals surface area contributed by atoms with Crippen molar-refractivity contribution < 1.29 is 9.05 Å². The summed E-state index contributed by atoms with van der Waals surface area (Å²) in [5.41, 5.74) is 8.41. The van der Waals surface area contributed by atoms with E-state index < -0.39 is 0 Å². The Morgan fingerprint density at radius 3 is 1.33 bits per heavy atom. The number of hydrogen-bond acceptors (Lipinski definition) is 4. The summed E-state index contributed by atoms with van der Waals surface area (Å²) < 4.78 is 11.3. The van der Waals surface area contributed by atoms with Gasteiger partial charge in [-0.05, 0) is 27.7 Å². The monoisotopic (exact) mass is 358 g/mol. The van der Waals surface area contributed by atoms with Crippen molar-refractivity contribution in [3.63, 3.8) is 0 Å². The van der Waals surface area contributed by atoms with Crippen LogP contribution in [-0.2, 0) is 6.42 Å². The van der Waals surface area contributed by atoms with Crippen LogP contribution in [0.4, 0.5) is 0 Å². The maximum absolute atomic E-state index is 5.67. The van der Waals surface area contributed by atoms with Crippen molar-refractivity contribution in [2.24, 2.45) is 0 Å². The van der Waals surface area contributed by atoms with Crippen LogP contribution in [0.15, 0.2) is 57.6 Å². The Morgan fingerprint density at radius 2 is 0.963 bits per heavy atom. The molecule has 4 nitrogen and oxygen atoms in total. The summed E-state index contributed by atoms with van der Waals surface area (Å²) in [6.07, 6.45) is 0.664. The van der Waals surface area contributed by atoms with E-state index in [9.17, 15) is 0 Å². The molecule has 4 aromatic rings. The minimum Gasteiger partial charge on any atom is -0.356 e. The Bertz CT molecular complexity index is 983. The van der Waals surface area contributed by atoms with Gasteiger partial charge in [0.1, 0.15) is 0 Å². The standard InChI is InChI=1S/C23H22N2O2/c1-14-5-9-18(10-6-14)22-20(16(3)24-26-22)13-21-17(4)25-27-23(21)19-11-7-15(2)8-12-19/h5-12H,13H2,1-4H3. The lowest BCUT2D eigenvalue weighted by molar-refractivity contribution is 0.426. The van der Waals surface area contributed by atoms with E-state index in [4.69, 9.17) is 9.05 Å². The van der Waals surface area contributed by atoms with Crippen molar-refractivity contribution >= 4 is 0 Å². The van der Waals surface area contributed by atoms with E-state index in [2.05, 4.69) is 72.7 Å². The van der Waals surface area contributed by atoms with Crippen LogP contribution in [0.5, 0.6) is 0 Å². The molecule has 0 N–H and O–H groups in total. The number of nitrogens with zero attached hydrogens (tertiary/aromatic N) is 2. The molecule has 0 aliphatic heterocycles. The van der Waals surface area contributed by atoms with Gasteiger partial charge in [0.25, 0.3) is 0 Å². The van der Waals surface area contributed by atoms with Gasteiger partial charge in [0.15, 0.2) is 11.5 Å². The SMILES string of the molecule is Cc1ccc(-c2onc(C)c2Cc2c(C)noc2-c2ccc(C)cc2)cc1. The molecule has 136 valence electrons. The molecule has 2 heterocycles. The van der Waals surface area contributed by atoms with Crippen LogP contribution in [0.1, 0.15) is 33.6 Å². The summed E-state index contributed by atoms with van der Waals surface area (Å²) in [6.45, 7) is 8.10. The number of hydrogen-bond donors (Lipinski definition) is 0. The maximum Gasteiger partial charge on any atom is 0.170 e. The molecule has 4 rings (SSSR count). The fourth-order valence-corrected chi connectivity index (χ4v) is 3.23. The smallest absolute Gasteiger partial charge is 0.170 e. The molecule has 0 fully saturated rings. The molecule has 0 bridgehead atoms. The van der Waals surface area contributed by atoms with Crippen molar-refractivity contribution in [2.45, 2.75) is 34.1 Å². The second-order valence-electron chi connectivity index (χ2n) is 7.06. The van der Waals surface area contributed by atoms with E-state index in [-0.39, 0.29) is 0 Å². The van der Waals surface area contributed by atoms with Crippen LogP contribution in [-0.4, -0.2) is 10.3 Å². The van der Waals surface area contributed by atoms with Crippen LogP contribution < -0.4 is 0 Å². The molecule has 0 atom stereocenters. The molecule has 27 heavy (non-hydrogen) atoms. The zero-order valence-corrected chi connectivity index (χ0v) is 16.0. The Morgan fingerprint density at radius 1 is 0.593 bits per heavy atom. The van der Waals surface area contributed by atoms with E-state index in [0.29, 0.717) is 6.42 Å². The minimum absolute atomic E-state index is 0.664. The van der Waals surface area contributed by atoms with Crippen LogP contribution in [0, 0.1) is 27.7 Å². The predicted octanol–water partition coefficient (Wildman–Crippen LogP) is 5.82. The zero-order chi connectivity index (χ0) is 19.0. The number of rotatable bonds is 4. The highest BCUT2D eigenvalue weighted by atomic mass is 16.5. The van der Waals surface area contributed by atoms with E-state index >= 15 is 0 Å². The molecular formula is C23H22N2O2. The third-order valence-corrected chi connectivity index (χ3v) is 4.95. The van der Waals surface area contributed by atoms with Crippen LogP contribution in [0.25, 0.3) is 22.6 Å². The molecule has 0 aliphatic carbocycles. The first-order chi connectivity index (χ1) is 13.0. The van der Waals surface area contributed by atoms with E-state index in [1.165, 1.54) is 11.1 Å². The molecule has 0 spiro atoms. The first-order valence-electron chi connectivity index (χ1n) is 9.07. The Balaban J connectivity index is 1.76. The van der Waals surface area contributed by atoms with E-state index in [1.807, 2.05) is 13.8 Å². The average Bonchev–Trinajstić information content (AvgIpc) is 3.21. The Kier molecular flexibility index (Phi) is 4.40. The van der Waals surface area contributed by atoms with Crippen molar-refractivity contribution in [1.29, 1.82) is 0 Å². The summed E-state index contributed by atoms with van der Waals surface area (Å²) in [4.78, 5) is 0. The second kappa shape index (κ2) is 6.88. The van der Waals surface area contributed by atoms with Crippen LogP contribution in [0.3, 0.4) is 0 Å². The van der Waals surface area contributed by atoms with Gasteiger partial charge in [-0.25, -0.2) is 0 Å². The molecule has 0 aliphatic rings. The van der Waals surface area contributed by atoms with Gasteiger partial charge < -0.3 is 9.05 Å². The van der Waals surface area contributed by atoms with Gasteiger partial charge in [0.2, 0.25) is 0 Å². The molecular weight excluding hydrogens is 336 g/mol. The topological polar surface area (TPSA) is 52.1 Å². The summed E-state index contributed by atoms with van der Waals surface area (Å²) >= 11 is 0. The van der Waals surface area contributed by atoms with Gasteiger partial charge in [-0.2, -0.15) is 0 Å². The molecule has 2 aromatic heterocycles. The molecule has 4 heteroatoms. The molecule has 0 saturated heterocycles. The van der Waals surface area contributed by atoms with Crippen LogP contribution in [0.2, 0.25) is 0 Å². The quantitative estimate of drug-likeness (QED) is 0.461. The largest absolute Gasteiger partial charge is 0.356 e. The fraction of sp³-hybridized carbons (Fsp3) is 0.217. The first kappa shape index (κ1) is 17.3. The molecule has 0 saturated carbocycles. The highest BCUT2D eigenvalue weighted by Crippen LogP contribution is 2.33. The highest BCUT2D eigenvalue weighted by molar-refractivity contribution is 5.67. The van der Waals surface area contributed by atoms with Gasteiger partial charge >= 0.3 is 0 Å². The summed E-state index contributed by atoms with van der Waals surface area (Å²) in [5, 5.41) is 8.43. The first-order valence-corrected chi connectivity index (χ1v) is 9.07. The molecule has 0 radical (unpaired) electrons. The van der Waals surface area contributed by atoms with Crippen molar-refractivity contribution in [2.75, 3.05) is 0 Å². The summed E-state index contributed by atoms with van der Waals surface area (Å²) in [5.74, 6) is 1.62. The van der Waals surface area contributed by atoms with Gasteiger partial charge in [-0.1, -0.05) is 70.0 Å². The molecule has 2 aromatic carbocycles. The number of aryl methyl sites for hydroxylation is 4. The lowest BCUT2D eigenvalue weighted by atomic mass is 9.96. The lowest BCUT2D eigenvalue weighted by Gasteiger charge is -2.05. The lowest BCUT2D eigenvalue weighted by Crippen LogP contribution is -1.95. The summed E-state index contributed by atoms with van der Waals surface area (Å²) in [7, 11) is 0. The third kappa shape index (κ3) is 3.31. The zero-order valence-electron chi connectivity index (χ0n) is 16.0. The van der Waals surface area contributed by atoms with Crippen molar-refractivity contribution in [1.82, 2.24) is 10.3 Å². The molecule has 0 unspecified atom stereocenters. The normalized spacial score (nSPS) is 11.1. The Labute approximate surface area is 158 Å². The number of benzene rings is 2. The average molecular weight is 358 g/mol. The van der Waals surface area contributed by atoms with Gasteiger partial charge in [0, 0.05) is 28.7 Å². The van der Waals surface area contributed by atoms with Gasteiger partial charge in [-0.3, -0.25) is 0 Å². The fourth-order valence-electron chi connectivity index (χ4n) is 3.23. The Hall–Kier alpha value is -3.14. The van der Waals surface area contributed by atoms with E-state index in [1.54, 1.807) is 0 Å². The summed E-state index contributed by atoms with van der Waals surface area (Å²) in [6, 6.07) is 16.6. The predicted molar refractivity (Wildman–Crippen MR) is 106 cm³/mol. The molecule has 0 amide bonds. The van der Waals surface area contributed by atoms with Crippen molar-refractivity contribution in [3.8, 4) is 22.6 Å². The minimum atomic E-state index is 0.664. The number of aromatic nitrogens is 2. The second-order valence-corrected chi connectivity index (χ2v) is 7.06.